The Bertz CT molecular complexity index is 1950. The quantitative estimate of drug-likeness (QED) is 0.0433. The SMILES string of the molecule is CCCCCCCCOC(=O)c1sc2c(-c3cc4c(OCC(CC)CCCC)c5sc(CCC)cc5c(OCC(CC)CCCC)c4s3)sc(C(C)(C)C)c2c1F. The van der Waals surface area contributed by atoms with Gasteiger partial charge < -0.3 is 14.2 Å². The van der Waals surface area contributed by atoms with Crippen LogP contribution in [0.3, 0.4) is 0 Å². The second-order valence-electron chi connectivity index (χ2n) is 17.0. The van der Waals surface area contributed by atoms with Crippen molar-refractivity contribution < 1.29 is 23.4 Å². The number of unbranched alkanes of at least 4 members (excludes halogenated alkanes) is 7. The lowest BCUT2D eigenvalue weighted by Crippen LogP contribution is -2.12. The average molecular weight is 857 g/mol. The van der Waals surface area contributed by atoms with Gasteiger partial charge in [0.1, 0.15) is 16.4 Å². The molecule has 0 radical (unpaired) electrons. The number of hydrogen-bond donors (Lipinski definition) is 0. The minimum atomic E-state index is -0.550. The second-order valence-corrected chi connectivity index (χ2v) is 21.3. The molecule has 0 N–H and O–H groups in total. The summed E-state index contributed by atoms with van der Waals surface area (Å²) >= 11 is 6.48. The number of rotatable bonds is 25. The van der Waals surface area contributed by atoms with Crippen molar-refractivity contribution in [1.82, 2.24) is 0 Å². The Balaban J connectivity index is 1.64. The van der Waals surface area contributed by atoms with E-state index >= 15 is 4.39 Å². The average Bonchev–Trinajstić information content (AvgIpc) is 3.98. The summed E-state index contributed by atoms with van der Waals surface area (Å²) in [6.45, 7) is 21.6. The summed E-state index contributed by atoms with van der Waals surface area (Å²) in [5, 5.41) is 2.79. The van der Waals surface area contributed by atoms with Gasteiger partial charge in [0.25, 0.3) is 0 Å². The highest BCUT2D eigenvalue weighted by Crippen LogP contribution is 2.55. The van der Waals surface area contributed by atoms with E-state index in [1.165, 1.54) is 65.9 Å². The van der Waals surface area contributed by atoms with E-state index in [-0.39, 0.29) is 10.3 Å². The summed E-state index contributed by atoms with van der Waals surface area (Å²) in [6.07, 6.45) is 17.9. The van der Waals surface area contributed by atoms with E-state index in [1.54, 1.807) is 22.7 Å². The molecule has 0 aliphatic rings. The molecular formula is C48H69FO4S4. The van der Waals surface area contributed by atoms with E-state index in [1.807, 2.05) is 11.3 Å². The van der Waals surface area contributed by atoms with Crippen molar-refractivity contribution in [2.24, 2.45) is 11.8 Å². The Morgan fingerprint density at radius 2 is 1.26 bits per heavy atom. The van der Waals surface area contributed by atoms with E-state index in [2.05, 4.69) is 74.4 Å². The number of carbonyl (C=O) groups is 1. The van der Waals surface area contributed by atoms with Gasteiger partial charge in [0, 0.05) is 30.8 Å². The zero-order valence-electron chi connectivity index (χ0n) is 36.4. The fourth-order valence-electron chi connectivity index (χ4n) is 7.63. The third-order valence-electron chi connectivity index (χ3n) is 11.2. The molecule has 0 spiro atoms. The highest BCUT2D eigenvalue weighted by molar-refractivity contribution is 7.31. The van der Waals surface area contributed by atoms with E-state index in [9.17, 15) is 4.79 Å². The molecule has 57 heavy (non-hydrogen) atoms. The highest BCUT2D eigenvalue weighted by atomic mass is 32.1. The third-order valence-corrected chi connectivity index (χ3v) is 16.6. The third kappa shape index (κ3) is 11.1. The number of halogens is 1. The van der Waals surface area contributed by atoms with E-state index in [0.29, 0.717) is 37.0 Å². The van der Waals surface area contributed by atoms with E-state index < -0.39 is 11.8 Å². The van der Waals surface area contributed by atoms with Crippen LogP contribution in [0.1, 0.15) is 178 Å². The molecule has 0 amide bonds. The van der Waals surface area contributed by atoms with Crippen molar-refractivity contribution in [3.8, 4) is 21.3 Å². The van der Waals surface area contributed by atoms with Gasteiger partial charge >= 0.3 is 5.97 Å². The van der Waals surface area contributed by atoms with Crippen molar-refractivity contribution in [2.75, 3.05) is 19.8 Å². The monoisotopic (exact) mass is 856 g/mol. The summed E-state index contributed by atoms with van der Waals surface area (Å²) in [7, 11) is 0. The fourth-order valence-corrected chi connectivity index (χ4v) is 12.8. The molecule has 0 aliphatic heterocycles. The largest absolute Gasteiger partial charge is 0.491 e. The topological polar surface area (TPSA) is 44.8 Å². The van der Waals surface area contributed by atoms with Gasteiger partial charge in [-0.2, -0.15) is 0 Å². The number of esters is 1. The molecule has 0 fully saturated rings. The van der Waals surface area contributed by atoms with Gasteiger partial charge in [-0.1, -0.05) is 139 Å². The maximum atomic E-state index is 16.6. The molecule has 316 valence electrons. The lowest BCUT2D eigenvalue weighted by Gasteiger charge is -2.19. The molecule has 4 heterocycles. The van der Waals surface area contributed by atoms with Gasteiger partial charge in [-0.25, -0.2) is 9.18 Å². The smallest absolute Gasteiger partial charge is 0.351 e. The first kappa shape index (κ1) is 45.9. The second kappa shape index (κ2) is 21.9. The summed E-state index contributed by atoms with van der Waals surface area (Å²) in [5.74, 6) is 1.89. The number of ether oxygens (including phenoxy) is 3. The van der Waals surface area contributed by atoms with Crippen LogP contribution in [0.25, 0.3) is 40.0 Å². The molecule has 0 saturated carbocycles. The molecule has 5 rings (SSSR count). The Morgan fingerprint density at radius 3 is 1.84 bits per heavy atom. The standard InChI is InChI=1S/C48H69FO4S4/c1-10-16-19-20-21-22-26-51-47(50)45-38(49)37-44(56-45)43(57-46(37)48(7,8)9)36-28-35-40(53-30-32(15-6)25-18-12-3)41-34(27-33(54-41)23-13-4)39(42(35)55-36)52-29-31(14-5)24-17-11-2/h27-28,31-32H,10-26,29-30H2,1-9H3. The minimum Gasteiger partial charge on any atom is -0.491 e. The number of thiophene rings is 4. The molecule has 2 atom stereocenters. The lowest BCUT2D eigenvalue weighted by molar-refractivity contribution is 0.0499. The Morgan fingerprint density at radius 1 is 0.684 bits per heavy atom. The van der Waals surface area contributed by atoms with Crippen LogP contribution in [-0.4, -0.2) is 25.8 Å². The molecule has 2 unspecified atom stereocenters. The van der Waals surface area contributed by atoms with Gasteiger partial charge in [-0.3, -0.25) is 0 Å². The van der Waals surface area contributed by atoms with Crippen molar-refractivity contribution in [3.05, 3.63) is 32.6 Å². The molecule has 4 aromatic heterocycles. The predicted molar refractivity (Wildman–Crippen MR) is 250 cm³/mol. The zero-order chi connectivity index (χ0) is 41.1. The first-order valence-corrected chi connectivity index (χ1v) is 25.5. The van der Waals surface area contributed by atoms with Gasteiger partial charge in [-0.15, -0.1) is 45.3 Å². The van der Waals surface area contributed by atoms with Crippen LogP contribution in [0.4, 0.5) is 4.39 Å². The molecule has 0 bridgehead atoms. The maximum Gasteiger partial charge on any atom is 0.351 e. The Kier molecular flexibility index (Phi) is 17.6. The van der Waals surface area contributed by atoms with Gasteiger partial charge in [0.05, 0.1) is 38.8 Å². The van der Waals surface area contributed by atoms with Gasteiger partial charge in [-0.05, 0) is 55.1 Å². The normalized spacial score (nSPS) is 13.3. The van der Waals surface area contributed by atoms with Crippen molar-refractivity contribution >= 4 is 81.6 Å². The number of fused-ring (bicyclic) bond motifs is 3. The fraction of sp³-hybridized carbons (Fsp3) is 0.646. The Labute approximate surface area is 358 Å². The number of carbonyl (C=O) groups excluding carboxylic acids is 1. The van der Waals surface area contributed by atoms with E-state index in [0.717, 1.165) is 104 Å². The number of hydrogen-bond acceptors (Lipinski definition) is 8. The van der Waals surface area contributed by atoms with Crippen LogP contribution in [0.5, 0.6) is 11.5 Å². The zero-order valence-corrected chi connectivity index (χ0v) is 39.7. The molecule has 0 saturated heterocycles. The van der Waals surface area contributed by atoms with Crippen LogP contribution >= 0.6 is 45.3 Å². The van der Waals surface area contributed by atoms with Crippen LogP contribution in [0.2, 0.25) is 0 Å². The van der Waals surface area contributed by atoms with Crippen molar-refractivity contribution in [1.29, 1.82) is 0 Å². The van der Waals surface area contributed by atoms with Crippen molar-refractivity contribution in [3.63, 3.8) is 0 Å². The predicted octanol–water partition coefficient (Wildman–Crippen LogP) is 17.2. The number of benzene rings is 1. The molecule has 0 aliphatic carbocycles. The van der Waals surface area contributed by atoms with Gasteiger partial charge in [0.2, 0.25) is 0 Å². The first-order chi connectivity index (χ1) is 27.5. The summed E-state index contributed by atoms with van der Waals surface area (Å²) in [5.41, 5.74) is -0.318. The van der Waals surface area contributed by atoms with Crippen LogP contribution < -0.4 is 9.47 Å². The molecule has 4 nitrogen and oxygen atoms in total. The van der Waals surface area contributed by atoms with E-state index in [4.69, 9.17) is 14.2 Å². The van der Waals surface area contributed by atoms with Crippen LogP contribution in [-0.2, 0) is 16.6 Å². The lowest BCUT2D eigenvalue weighted by atomic mass is 9.92. The maximum absolute atomic E-state index is 16.6. The highest BCUT2D eigenvalue weighted by Gasteiger charge is 2.32. The molecule has 1 aromatic carbocycles. The molecule has 9 heteroatoms. The summed E-state index contributed by atoms with van der Waals surface area (Å²) in [4.78, 5) is 17.9. The summed E-state index contributed by atoms with van der Waals surface area (Å²) in [6, 6.07) is 4.62. The number of aryl methyl sites for hydroxylation is 1. The molecule has 5 aromatic rings. The Hall–Kier alpha value is -2.20. The van der Waals surface area contributed by atoms with Crippen LogP contribution in [0.15, 0.2) is 12.1 Å². The minimum absolute atomic E-state index is 0.0824. The van der Waals surface area contributed by atoms with Crippen molar-refractivity contribution in [2.45, 2.75) is 170 Å². The molecular weight excluding hydrogens is 788 g/mol. The van der Waals surface area contributed by atoms with Crippen LogP contribution in [0, 0.1) is 17.7 Å². The first-order valence-electron chi connectivity index (χ1n) is 22.2. The summed E-state index contributed by atoms with van der Waals surface area (Å²) < 4.78 is 39.4. The van der Waals surface area contributed by atoms with Gasteiger partial charge in [0.15, 0.2) is 5.82 Å².